The molecule has 39 heavy (non-hydrogen) atoms. The van der Waals surface area contributed by atoms with Gasteiger partial charge < -0.3 is 48.1 Å². The minimum Gasteiger partial charge on any atom is -0.507 e. The van der Waals surface area contributed by atoms with E-state index in [9.17, 15) is 15.0 Å². The third kappa shape index (κ3) is 5.20. The molecule has 2 N–H and O–H groups in total. The first-order valence-corrected chi connectivity index (χ1v) is 11.8. The van der Waals surface area contributed by atoms with Gasteiger partial charge in [-0.3, -0.25) is 0 Å². The summed E-state index contributed by atoms with van der Waals surface area (Å²) in [6.45, 7) is 0. The zero-order valence-corrected chi connectivity index (χ0v) is 22.4. The van der Waals surface area contributed by atoms with Crippen molar-refractivity contribution in [2.24, 2.45) is 0 Å². The number of methoxy groups -OCH3 is 6. The van der Waals surface area contributed by atoms with Gasteiger partial charge >= 0.3 is 5.97 Å². The topological polar surface area (TPSA) is 131 Å². The van der Waals surface area contributed by atoms with Crippen LogP contribution in [-0.2, 0) is 11.2 Å². The monoisotopic (exact) mass is 542 g/mol. The zero-order valence-electron chi connectivity index (χ0n) is 22.4. The smallest absolute Gasteiger partial charge is 0.338 e. The molecule has 4 rings (SSSR count). The number of phenols is 2. The maximum atomic E-state index is 13.3. The van der Waals surface area contributed by atoms with E-state index in [0.717, 1.165) is 0 Å². The van der Waals surface area contributed by atoms with E-state index in [4.69, 9.17) is 37.9 Å². The number of hydrogen-bond acceptors (Lipinski definition) is 11. The Morgan fingerprint density at radius 3 is 1.92 bits per heavy atom. The van der Waals surface area contributed by atoms with Crippen LogP contribution in [-0.4, -0.2) is 64.9 Å². The Morgan fingerprint density at radius 1 is 0.744 bits per heavy atom. The highest BCUT2D eigenvalue weighted by Crippen LogP contribution is 2.47. The number of phenolic OH excluding ortho intramolecular Hbond substituents is 2. The number of aromatic hydroxyl groups is 2. The lowest BCUT2D eigenvalue weighted by Gasteiger charge is -2.34. The van der Waals surface area contributed by atoms with Crippen LogP contribution >= 0.6 is 0 Å². The Bertz CT molecular complexity index is 1340. The fourth-order valence-corrected chi connectivity index (χ4v) is 4.47. The van der Waals surface area contributed by atoms with Gasteiger partial charge in [-0.1, -0.05) is 0 Å². The van der Waals surface area contributed by atoms with Gasteiger partial charge in [-0.2, -0.15) is 0 Å². The highest BCUT2D eigenvalue weighted by molar-refractivity contribution is 5.91. The van der Waals surface area contributed by atoms with E-state index >= 15 is 0 Å². The second-order valence-corrected chi connectivity index (χ2v) is 8.50. The lowest BCUT2D eigenvalue weighted by atomic mass is 9.93. The second kappa shape index (κ2) is 11.4. The van der Waals surface area contributed by atoms with Gasteiger partial charge in [-0.25, -0.2) is 4.79 Å². The molecule has 2 unspecified atom stereocenters. The van der Waals surface area contributed by atoms with Crippen molar-refractivity contribution in [3.05, 3.63) is 53.1 Å². The van der Waals surface area contributed by atoms with Gasteiger partial charge in [0.2, 0.25) is 11.5 Å². The van der Waals surface area contributed by atoms with Crippen LogP contribution in [0.25, 0.3) is 0 Å². The summed E-state index contributed by atoms with van der Waals surface area (Å²) in [6, 6.07) is 9.10. The summed E-state index contributed by atoms with van der Waals surface area (Å²) in [5, 5.41) is 21.0. The van der Waals surface area contributed by atoms with Gasteiger partial charge in [0, 0.05) is 29.7 Å². The number of carbonyl (C=O) groups is 1. The molecule has 1 heterocycles. The zero-order chi connectivity index (χ0) is 28.3. The standard InChI is InChI=1S/C28H30O11/c1-32-16-11-18(29)17-13-24(39-28(31)15-7-19(30)26(36-5)21(10-15)33-2)25(38-20(17)12-16)14-8-22(34-3)27(37-6)23(9-14)35-4/h7-12,24-25,29-30H,13H2,1-6H3. The Hall–Kier alpha value is -4.67. The van der Waals surface area contributed by atoms with Crippen LogP contribution in [0, 0.1) is 0 Å². The Labute approximate surface area is 225 Å². The highest BCUT2D eigenvalue weighted by Gasteiger charge is 2.38. The van der Waals surface area contributed by atoms with Crippen LogP contribution in [0.1, 0.15) is 27.6 Å². The average Bonchev–Trinajstić information content (AvgIpc) is 2.95. The molecule has 0 saturated carbocycles. The van der Waals surface area contributed by atoms with Crippen LogP contribution in [0.3, 0.4) is 0 Å². The molecule has 0 amide bonds. The normalized spacial score (nSPS) is 15.8. The molecule has 0 aliphatic carbocycles. The van der Waals surface area contributed by atoms with Crippen molar-refractivity contribution >= 4 is 5.97 Å². The van der Waals surface area contributed by atoms with Crippen molar-refractivity contribution in [3.63, 3.8) is 0 Å². The average molecular weight is 543 g/mol. The fraction of sp³-hybridized carbons (Fsp3) is 0.321. The first-order chi connectivity index (χ1) is 18.8. The third-order valence-electron chi connectivity index (χ3n) is 6.36. The van der Waals surface area contributed by atoms with Gasteiger partial charge in [0.15, 0.2) is 29.1 Å². The van der Waals surface area contributed by atoms with Crippen molar-refractivity contribution in [1.82, 2.24) is 0 Å². The summed E-state index contributed by atoms with van der Waals surface area (Å²) in [6.07, 6.45) is -1.66. The molecular formula is C28H30O11. The summed E-state index contributed by atoms with van der Waals surface area (Å²) in [7, 11) is 8.70. The van der Waals surface area contributed by atoms with Gasteiger partial charge in [0.25, 0.3) is 0 Å². The Kier molecular flexibility index (Phi) is 7.99. The van der Waals surface area contributed by atoms with E-state index in [2.05, 4.69) is 0 Å². The minimum absolute atomic E-state index is 0.0264. The van der Waals surface area contributed by atoms with Crippen LogP contribution in [0.15, 0.2) is 36.4 Å². The predicted molar refractivity (Wildman–Crippen MR) is 138 cm³/mol. The maximum Gasteiger partial charge on any atom is 0.338 e. The molecule has 0 saturated heterocycles. The number of carbonyl (C=O) groups excluding carboxylic acids is 1. The second-order valence-electron chi connectivity index (χ2n) is 8.50. The summed E-state index contributed by atoms with van der Waals surface area (Å²) in [5.74, 6) is 1.01. The first-order valence-electron chi connectivity index (χ1n) is 11.8. The molecule has 0 spiro atoms. The van der Waals surface area contributed by atoms with E-state index < -0.39 is 18.2 Å². The quantitative estimate of drug-likeness (QED) is 0.380. The van der Waals surface area contributed by atoms with Gasteiger partial charge in [0.1, 0.15) is 23.4 Å². The summed E-state index contributed by atoms with van der Waals surface area (Å²) < 4.78 is 44.3. The molecule has 208 valence electrons. The SMILES string of the molecule is COc1cc(O)c2c(c1)OC(c1cc(OC)c(OC)c(OC)c1)C(OC(=O)c1cc(O)c(OC)c(OC)c1)C2. The molecule has 0 fully saturated rings. The largest absolute Gasteiger partial charge is 0.507 e. The molecule has 2 atom stereocenters. The van der Waals surface area contributed by atoms with Gasteiger partial charge in [-0.05, 0) is 24.3 Å². The number of rotatable bonds is 9. The Morgan fingerprint density at radius 2 is 1.36 bits per heavy atom. The van der Waals surface area contributed by atoms with E-state index in [1.165, 1.54) is 60.9 Å². The van der Waals surface area contributed by atoms with E-state index in [1.807, 2.05) is 0 Å². The lowest BCUT2D eigenvalue weighted by Crippen LogP contribution is -2.35. The molecule has 3 aromatic rings. The first kappa shape index (κ1) is 27.4. The number of benzene rings is 3. The molecule has 0 bridgehead atoms. The summed E-state index contributed by atoms with van der Waals surface area (Å²) in [5.41, 5.74) is 1.02. The van der Waals surface area contributed by atoms with Gasteiger partial charge in [0.05, 0.1) is 48.2 Å². The molecule has 11 heteroatoms. The van der Waals surface area contributed by atoms with E-state index in [-0.39, 0.29) is 35.0 Å². The molecule has 11 nitrogen and oxygen atoms in total. The van der Waals surface area contributed by atoms with E-state index in [0.29, 0.717) is 39.9 Å². The maximum absolute atomic E-state index is 13.3. The molecular weight excluding hydrogens is 512 g/mol. The van der Waals surface area contributed by atoms with Crippen molar-refractivity contribution in [1.29, 1.82) is 0 Å². The lowest BCUT2D eigenvalue weighted by molar-refractivity contribution is -0.0189. The Balaban J connectivity index is 1.79. The molecule has 1 aliphatic rings. The number of esters is 1. The predicted octanol–water partition coefficient (Wildman–Crippen LogP) is 4.05. The van der Waals surface area contributed by atoms with Crippen molar-refractivity contribution in [2.75, 3.05) is 42.7 Å². The van der Waals surface area contributed by atoms with Crippen molar-refractivity contribution in [3.8, 4) is 51.7 Å². The van der Waals surface area contributed by atoms with Crippen LogP contribution in [0.5, 0.6) is 51.7 Å². The molecule has 0 aromatic heterocycles. The van der Waals surface area contributed by atoms with Crippen LogP contribution < -0.4 is 33.2 Å². The molecule has 3 aromatic carbocycles. The number of ether oxygens (including phenoxy) is 8. The summed E-state index contributed by atoms with van der Waals surface area (Å²) in [4.78, 5) is 13.3. The van der Waals surface area contributed by atoms with Gasteiger partial charge in [-0.15, -0.1) is 0 Å². The van der Waals surface area contributed by atoms with Crippen molar-refractivity contribution < 1.29 is 52.9 Å². The fourth-order valence-electron chi connectivity index (χ4n) is 4.47. The molecule has 1 aliphatic heterocycles. The highest BCUT2D eigenvalue weighted by atomic mass is 16.6. The third-order valence-corrected chi connectivity index (χ3v) is 6.36. The number of fused-ring (bicyclic) bond motifs is 1. The summed E-state index contributed by atoms with van der Waals surface area (Å²) >= 11 is 0. The molecule has 0 radical (unpaired) electrons. The van der Waals surface area contributed by atoms with E-state index in [1.54, 1.807) is 18.2 Å². The minimum atomic E-state index is -0.914. The van der Waals surface area contributed by atoms with Crippen molar-refractivity contribution in [2.45, 2.75) is 18.6 Å². The van der Waals surface area contributed by atoms with Crippen LogP contribution in [0.2, 0.25) is 0 Å². The number of hydrogen-bond donors (Lipinski definition) is 2. The van der Waals surface area contributed by atoms with Crippen LogP contribution in [0.4, 0.5) is 0 Å².